The van der Waals surface area contributed by atoms with Gasteiger partial charge in [-0.05, 0) is 11.6 Å². The molecule has 6 heteroatoms. The molecule has 0 aliphatic heterocycles. The minimum atomic E-state index is 0.539. The summed E-state index contributed by atoms with van der Waals surface area (Å²) in [6.07, 6.45) is 5.21. The van der Waals surface area contributed by atoms with E-state index in [9.17, 15) is 0 Å². The van der Waals surface area contributed by atoms with E-state index in [1.54, 1.807) is 25.6 Å². The number of aromatic amines is 1. The number of benzene rings is 1. The Morgan fingerprint density at radius 2 is 2.14 bits per heavy atom. The van der Waals surface area contributed by atoms with Gasteiger partial charge >= 0.3 is 0 Å². The molecule has 0 spiro atoms. The van der Waals surface area contributed by atoms with Crippen LogP contribution >= 0.6 is 0 Å². The quantitative estimate of drug-likeness (QED) is 0.751. The van der Waals surface area contributed by atoms with Gasteiger partial charge in [0.15, 0.2) is 0 Å². The molecule has 0 aliphatic carbocycles. The fraction of sp³-hybridized carbons (Fsp3) is 0.133. The van der Waals surface area contributed by atoms with Crippen LogP contribution in [0.2, 0.25) is 0 Å². The van der Waals surface area contributed by atoms with Gasteiger partial charge in [0.05, 0.1) is 7.11 Å². The predicted molar refractivity (Wildman–Crippen MR) is 79.9 cm³/mol. The summed E-state index contributed by atoms with van der Waals surface area (Å²) >= 11 is 0. The summed E-state index contributed by atoms with van der Waals surface area (Å²) in [7, 11) is 1.58. The van der Waals surface area contributed by atoms with E-state index in [4.69, 9.17) is 4.74 Å². The van der Waals surface area contributed by atoms with E-state index in [1.165, 1.54) is 0 Å². The van der Waals surface area contributed by atoms with Crippen LogP contribution in [-0.4, -0.2) is 27.0 Å². The third-order valence-electron chi connectivity index (χ3n) is 2.99. The second kappa shape index (κ2) is 6.04. The fourth-order valence-electron chi connectivity index (χ4n) is 1.97. The number of imidazole rings is 1. The Kier molecular flexibility index (Phi) is 3.77. The summed E-state index contributed by atoms with van der Waals surface area (Å²) in [5, 5.41) is 3.18. The first-order valence-corrected chi connectivity index (χ1v) is 6.55. The molecule has 0 amide bonds. The van der Waals surface area contributed by atoms with Gasteiger partial charge in [-0.2, -0.15) is 4.98 Å². The highest BCUT2D eigenvalue weighted by molar-refractivity contribution is 5.56. The van der Waals surface area contributed by atoms with Crippen molar-refractivity contribution >= 4 is 5.95 Å². The average molecular weight is 281 g/mol. The molecule has 0 fully saturated rings. The van der Waals surface area contributed by atoms with Crippen LogP contribution < -0.4 is 10.1 Å². The third-order valence-corrected chi connectivity index (χ3v) is 2.99. The van der Waals surface area contributed by atoms with E-state index in [-0.39, 0.29) is 0 Å². The average Bonchev–Trinajstić information content (AvgIpc) is 3.08. The monoisotopic (exact) mass is 281 g/mol. The number of rotatable bonds is 5. The van der Waals surface area contributed by atoms with Crippen LogP contribution in [0.25, 0.3) is 11.4 Å². The van der Waals surface area contributed by atoms with Gasteiger partial charge in [0.2, 0.25) is 11.8 Å². The molecule has 0 saturated heterocycles. The van der Waals surface area contributed by atoms with Crippen molar-refractivity contribution in [3.63, 3.8) is 0 Å². The fourth-order valence-corrected chi connectivity index (χ4v) is 1.97. The van der Waals surface area contributed by atoms with E-state index in [2.05, 4.69) is 31.3 Å². The Labute approximate surface area is 122 Å². The van der Waals surface area contributed by atoms with Gasteiger partial charge in [0.1, 0.15) is 5.82 Å². The van der Waals surface area contributed by atoms with Crippen LogP contribution in [0, 0.1) is 0 Å². The number of hydrogen-bond donors (Lipinski definition) is 2. The molecule has 0 bridgehead atoms. The van der Waals surface area contributed by atoms with Crippen molar-refractivity contribution in [2.75, 3.05) is 12.4 Å². The van der Waals surface area contributed by atoms with Gasteiger partial charge in [-0.25, -0.2) is 9.97 Å². The molecule has 106 valence electrons. The Bertz CT molecular complexity index is 712. The van der Waals surface area contributed by atoms with Gasteiger partial charge in [0, 0.05) is 36.8 Å². The van der Waals surface area contributed by atoms with Crippen LogP contribution in [0.5, 0.6) is 5.88 Å². The second-order valence-corrected chi connectivity index (χ2v) is 4.41. The van der Waals surface area contributed by atoms with Crippen LogP contribution in [0.4, 0.5) is 5.95 Å². The number of H-pyrrole nitrogens is 1. The Hall–Kier alpha value is -2.89. The molecule has 21 heavy (non-hydrogen) atoms. The van der Waals surface area contributed by atoms with Gasteiger partial charge in [-0.15, -0.1) is 0 Å². The van der Waals surface area contributed by atoms with Crippen molar-refractivity contribution < 1.29 is 4.74 Å². The standard InChI is InChI=1S/C15H15N5O/c1-21-13-5-6-18-15(20-13)19-10-11-3-2-4-12(9-11)14-16-7-8-17-14/h2-9H,10H2,1H3,(H,16,17)(H,18,19,20). The molecule has 0 radical (unpaired) electrons. The van der Waals surface area contributed by atoms with Crippen molar-refractivity contribution in [2.24, 2.45) is 0 Å². The largest absolute Gasteiger partial charge is 0.481 e. The summed E-state index contributed by atoms with van der Waals surface area (Å²) in [5.41, 5.74) is 2.17. The number of nitrogens with one attached hydrogen (secondary N) is 2. The molecule has 1 aromatic carbocycles. The summed E-state index contributed by atoms with van der Waals surface area (Å²) in [4.78, 5) is 15.7. The van der Waals surface area contributed by atoms with Gasteiger partial charge < -0.3 is 15.0 Å². The molecule has 3 aromatic rings. The molecule has 3 rings (SSSR count). The lowest BCUT2D eigenvalue weighted by Gasteiger charge is -2.07. The molecule has 2 N–H and O–H groups in total. The minimum absolute atomic E-state index is 0.539. The molecular formula is C15H15N5O. The summed E-state index contributed by atoms with van der Waals surface area (Å²) in [6, 6.07) is 9.85. The van der Waals surface area contributed by atoms with Gasteiger partial charge in [0.25, 0.3) is 0 Å². The van der Waals surface area contributed by atoms with Crippen molar-refractivity contribution in [2.45, 2.75) is 6.54 Å². The second-order valence-electron chi connectivity index (χ2n) is 4.41. The number of nitrogens with zero attached hydrogens (tertiary/aromatic N) is 3. The van der Waals surface area contributed by atoms with Crippen LogP contribution in [0.3, 0.4) is 0 Å². The highest BCUT2D eigenvalue weighted by Gasteiger charge is 2.02. The zero-order valence-corrected chi connectivity index (χ0v) is 11.6. The first-order valence-electron chi connectivity index (χ1n) is 6.55. The normalized spacial score (nSPS) is 10.3. The third kappa shape index (κ3) is 3.17. The summed E-state index contributed by atoms with van der Waals surface area (Å²) in [6.45, 7) is 0.627. The molecule has 6 nitrogen and oxygen atoms in total. The SMILES string of the molecule is COc1ccnc(NCc2cccc(-c3ncc[nH]3)c2)n1. The maximum Gasteiger partial charge on any atom is 0.226 e. The zero-order valence-electron chi connectivity index (χ0n) is 11.6. The number of anilines is 1. The van der Waals surface area contributed by atoms with Gasteiger partial charge in [-0.1, -0.05) is 18.2 Å². The van der Waals surface area contributed by atoms with E-state index in [0.29, 0.717) is 18.4 Å². The minimum Gasteiger partial charge on any atom is -0.481 e. The smallest absolute Gasteiger partial charge is 0.226 e. The van der Waals surface area contributed by atoms with E-state index in [0.717, 1.165) is 17.0 Å². The highest BCUT2D eigenvalue weighted by Crippen LogP contribution is 2.16. The molecule has 0 saturated carbocycles. The maximum absolute atomic E-state index is 5.07. The molecule has 2 aromatic heterocycles. The lowest BCUT2D eigenvalue weighted by atomic mass is 10.1. The number of methoxy groups -OCH3 is 1. The number of hydrogen-bond acceptors (Lipinski definition) is 5. The molecular weight excluding hydrogens is 266 g/mol. The van der Waals surface area contributed by atoms with Crippen LogP contribution in [0.15, 0.2) is 48.9 Å². The van der Waals surface area contributed by atoms with E-state index < -0.39 is 0 Å². The van der Waals surface area contributed by atoms with E-state index in [1.807, 2.05) is 24.4 Å². The Morgan fingerprint density at radius 3 is 2.95 bits per heavy atom. The predicted octanol–water partition coefficient (Wildman–Crippen LogP) is 2.49. The van der Waals surface area contributed by atoms with Crippen LogP contribution in [0.1, 0.15) is 5.56 Å². The topological polar surface area (TPSA) is 75.7 Å². The lowest BCUT2D eigenvalue weighted by Crippen LogP contribution is -2.04. The molecule has 0 unspecified atom stereocenters. The van der Waals surface area contributed by atoms with Crippen molar-refractivity contribution in [3.8, 4) is 17.3 Å². The summed E-state index contributed by atoms with van der Waals surface area (Å²) < 4.78 is 5.07. The first kappa shape index (κ1) is 13.1. The van der Waals surface area contributed by atoms with Crippen LogP contribution in [-0.2, 0) is 6.54 Å². The molecule has 0 atom stereocenters. The van der Waals surface area contributed by atoms with Crippen molar-refractivity contribution in [1.29, 1.82) is 0 Å². The maximum atomic E-state index is 5.07. The number of ether oxygens (including phenoxy) is 1. The lowest BCUT2D eigenvalue weighted by molar-refractivity contribution is 0.397. The van der Waals surface area contributed by atoms with Crippen molar-refractivity contribution in [3.05, 3.63) is 54.5 Å². The number of aromatic nitrogens is 4. The van der Waals surface area contributed by atoms with E-state index >= 15 is 0 Å². The first-order chi connectivity index (χ1) is 10.3. The van der Waals surface area contributed by atoms with Crippen molar-refractivity contribution in [1.82, 2.24) is 19.9 Å². The Balaban J connectivity index is 1.72. The Morgan fingerprint density at radius 1 is 1.19 bits per heavy atom. The zero-order chi connectivity index (χ0) is 14.5. The summed E-state index contributed by atoms with van der Waals surface area (Å²) in [5.74, 6) is 1.93. The molecule has 0 aliphatic rings. The van der Waals surface area contributed by atoms with Gasteiger partial charge in [-0.3, -0.25) is 0 Å². The highest BCUT2D eigenvalue weighted by atomic mass is 16.5. The molecule has 2 heterocycles.